The summed E-state index contributed by atoms with van der Waals surface area (Å²) in [6, 6.07) is -0.0346. The van der Waals surface area contributed by atoms with Gasteiger partial charge in [0, 0.05) is 13.1 Å². The minimum absolute atomic E-state index is 0.0346. The van der Waals surface area contributed by atoms with Crippen LogP contribution in [0.1, 0.15) is 33.1 Å². The van der Waals surface area contributed by atoms with E-state index in [9.17, 15) is 4.79 Å². The lowest BCUT2D eigenvalue weighted by molar-refractivity contribution is 0.180. The molecule has 0 atom stereocenters. The highest BCUT2D eigenvalue weighted by atomic mass is 16.2. The van der Waals surface area contributed by atoms with E-state index in [2.05, 4.69) is 11.2 Å². The molecule has 14 heavy (non-hydrogen) atoms. The van der Waals surface area contributed by atoms with Gasteiger partial charge in [-0.2, -0.15) is 0 Å². The third-order valence-electron chi connectivity index (χ3n) is 2.42. The molecule has 0 aliphatic carbocycles. The molecule has 1 rings (SSSR count). The summed E-state index contributed by atoms with van der Waals surface area (Å²) in [6.45, 7) is 5.36. The SMILES string of the molecule is C#CC(C)(C)NC(=O)N1CCCCC1. The highest BCUT2D eigenvalue weighted by Gasteiger charge is 2.22. The lowest BCUT2D eigenvalue weighted by atomic mass is 10.1. The van der Waals surface area contributed by atoms with Crippen LogP contribution in [0.15, 0.2) is 0 Å². The Balaban J connectivity index is 2.45. The van der Waals surface area contributed by atoms with Gasteiger partial charge in [0.25, 0.3) is 0 Å². The maximum atomic E-state index is 11.7. The summed E-state index contributed by atoms with van der Waals surface area (Å²) in [7, 11) is 0. The van der Waals surface area contributed by atoms with Crippen LogP contribution in [0.3, 0.4) is 0 Å². The van der Waals surface area contributed by atoms with Crippen molar-refractivity contribution in [2.24, 2.45) is 0 Å². The lowest BCUT2D eigenvalue weighted by Crippen LogP contribution is -2.50. The summed E-state index contributed by atoms with van der Waals surface area (Å²) in [5, 5.41) is 2.83. The fraction of sp³-hybridized carbons (Fsp3) is 0.727. The minimum atomic E-state index is -0.547. The maximum absolute atomic E-state index is 11.7. The summed E-state index contributed by atoms with van der Waals surface area (Å²) in [6.07, 6.45) is 8.73. The van der Waals surface area contributed by atoms with Crippen LogP contribution in [0.2, 0.25) is 0 Å². The van der Waals surface area contributed by atoms with E-state index in [1.165, 1.54) is 6.42 Å². The number of urea groups is 1. The average molecular weight is 194 g/mol. The van der Waals surface area contributed by atoms with Crippen molar-refractivity contribution in [2.75, 3.05) is 13.1 Å². The highest BCUT2D eigenvalue weighted by Crippen LogP contribution is 2.10. The van der Waals surface area contributed by atoms with E-state index in [0.717, 1.165) is 25.9 Å². The fourth-order valence-electron chi connectivity index (χ4n) is 1.48. The molecule has 1 aliphatic heterocycles. The van der Waals surface area contributed by atoms with Gasteiger partial charge in [-0.25, -0.2) is 4.79 Å². The molecular formula is C11H18N2O. The predicted molar refractivity (Wildman–Crippen MR) is 56.9 cm³/mol. The quantitative estimate of drug-likeness (QED) is 0.632. The molecule has 0 aromatic heterocycles. The monoisotopic (exact) mass is 194 g/mol. The number of likely N-dealkylation sites (tertiary alicyclic amines) is 1. The van der Waals surface area contributed by atoms with Crippen LogP contribution < -0.4 is 5.32 Å². The van der Waals surface area contributed by atoms with E-state index in [1.54, 1.807) is 0 Å². The molecule has 0 bridgehead atoms. The summed E-state index contributed by atoms with van der Waals surface area (Å²) in [4.78, 5) is 13.5. The second-order valence-corrected chi connectivity index (χ2v) is 4.25. The number of amides is 2. The van der Waals surface area contributed by atoms with Crippen molar-refractivity contribution in [3.8, 4) is 12.3 Å². The zero-order valence-corrected chi connectivity index (χ0v) is 8.97. The first-order valence-corrected chi connectivity index (χ1v) is 5.10. The number of terminal acetylenes is 1. The number of carbonyl (C=O) groups is 1. The van der Waals surface area contributed by atoms with Crippen LogP contribution in [0.4, 0.5) is 4.79 Å². The van der Waals surface area contributed by atoms with Crippen LogP contribution in [0.5, 0.6) is 0 Å². The van der Waals surface area contributed by atoms with Gasteiger partial charge in [0.1, 0.15) is 0 Å². The third kappa shape index (κ3) is 2.95. The number of nitrogens with one attached hydrogen (secondary N) is 1. The molecular weight excluding hydrogens is 176 g/mol. The van der Waals surface area contributed by atoms with E-state index >= 15 is 0 Å². The normalized spacial score (nSPS) is 17.4. The van der Waals surface area contributed by atoms with Crippen LogP contribution in [-0.2, 0) is 0 Å². The molecule has 0 aromatic carbocycles. The molecule has 0 unspecified atom stereocenters. The Morgan fingerprint density at radius 2 is 1.93 bits per heavy atom. The molecule has 1 fully saturated rings. The van der Waals surface area contributed by atoms with Gasteiger partial charge >= 0.3 is 6.03 Å². The zero-order valence-electron chi connectivity index (χ0n) is 8.97. The second kappa shape index (κ2) is 4.36. The van der Waals surface area contributed by atoms with Crippen molar-refractivity contribution in [1.29, 1.82) is 0 Å². The van der Waals surface area contributed by atoms with Crippen molar-refractivity contribution < 1.29 is 4.79 Å². The van der Waals surface area contributed by atoms with Crippen LogP contribution in [0, 0.1) is 12.3 Å². The van der Waals surface area contributed by atoms with Crippen LogP contribution in [-0.4, -0.2) is 29.6 Å². The Hall–Kier alpha value is -1.17. The Morgan fingerprint density at radius 3 is 2.43 bits per heavy atom. The molecule has 3 nitrogen and oxygen atoms in total. The number of carbonyl (C=O) groups excluding carboxylic acids is 1. The first-order chi connectivity index (χ1) is 6.55. The number of rotatable bonds is 1. The van der Waals surface area contributed by atoms with E-state index in [-0.39, 0.29) is 6.03 Å². The summed E-state index contributed by atoms with van der Waals surface area (Å²) in [5.41, 5.74) is -0.547. The largest absolute Gasteiger partial charge is 0.325 e. The van der Waals surface area contributed by atoms with Crippen molar-refractivity contribution in [3.63, 3.8) is 0 Å². The van der Waals surface area contributed by atoms with Crippen LogP contribution in [0.25, 0.3) is 0 Å². The van der Waals surface area contributed by atoms with E-state index in [1.807, 2.05) is 18.7 Å². The molecule has 78 valence electrons. The first kappa shape index (κ1) is 10.9. The van der Waals surface area contributed by atoms with Gasteiger partial charge < -0.3 is 10.2 Å². The van der Waals surface area contributed by atoms with Crippen molar-refractivity contribution in [1.82, 2.24) is 10.2 Å². The zero-order chi connectivity index (χ0) is 10.6. The number of hydrogen-bond donors (Lipinski definition) is 1. The molecule has 0 saturated carbocycles. The Kier molecular flexibility index (Phi) is 3.40. The number of nitrogens with zero attached hydrogens (tertiary/aromatic N) is 1. The number of hydrogen-bond acceptors (Lipinski definition) is 1. The fourth-order valence-corrected chi connectivity index (χ4v) is 1.48. The summed E-state index contributed by atoms with van der Waals surface area (Å²) in [5.74, 6) is 2.55. The molecule has 1 saturated heterocycles. The maximum Gasteiger partial charge on any atom is 0.318 e. The summed E-state index contributed by atoms with van der Waals surface area (Å²) < 4.78 is 0. The van der Waals surface area contributed by atoms with Crippen molar-refractivity contribution >= 4 is 6.03 Å². The molecule has 1 aliphatic rings. The highest BCUT2D eigenvalue weighted by molar-refractivity contribution is 5.75. The standard InChI is InChI=1S/C11H18N2O/c1-4-11(2,3)12-10(14)13-8-6-5-7-9-13/h1H,5-9H2,2-3H3,(H,12,14). The van der Waals surface area contributed by atoms with Gasteiger partial charge in [-0.15, -0.1) is 6.42 Å². The lowest BCUT2D eigenvalue weighted by Gasteiger charge is -2.30. The smallest absolute Gasteiger partial charge is 0.318 e. The summed E-state index contributed by atoms with van der Waals surface area (Å²) >= 11 is 0. The minimum Gasteiger partial charge on any atom is -0.325 e. The Morgan fingerprint density at radius 1 is 1.36 bits per heavy atom. The molecule has 3 heteroatoms. The van der Waals surface area contributed by atoms with Gasteiger partial charge in [0.15, 0.2) is 0 Å². The van der Waals surface area contributed by atoms with Gasteiger partial charge in [0.05, 0.1) is 5.54 Å². The van der Waals surface area contributed by atoms with Gasteiger partial charge in [-0.3, -0.25) is 0 Å². The van der Waals surface area contributed by atoms with Gasteiger partial charge in [-0.1, -0.05) is 5.92 Å². The number of piperidine rings is 1. The molecule has 1 heterocycles. The van der Waals surface area contributed by atoms with Gasteiger partial charge in [0.2, 0.25) is 0 Å². The molecule has 0 aromatic rings. The van der Waals surface area contributed by atoms with E-state index in [0.29, 0.717) is 0 Å². The molecule has 0 radical (unpaired) electrons. The predicted octanol–water partition coefficient (Wildman–Crippen LogP) is 1.59. The molecule has 1 N–H and O–H groups in total. The first-order valence-electron chi connectivity index (χ1n) is 5.10. The van der Waals surface area contributed by atoms with E-state index < -0.39 is 5.54 Å². The Labute approximate surface area is 85.9 Å². The van der Waals surface area contributed by atoms with Crippen molar-refractivity contribution in [3.05, 3.63) is 0 Å². The van der Waals surface area contributed by atoms with E-state index in [4.69, 9.17) is 6.42 Å². The van der Waals surface area contributed by atoms with Crippen molar-refractivity contribution in [2.45, 2.75) is 38.6 Å². The van der Waals surface area contributed by atoms with Crippen LogP contribution >= 0.6 is 0 Å². The third-order valence-corrected chi connectivity index (χ3v) is 2.42. The second-order valence-electron chi connectivity index (χ2n) is 4.25. The molecule has 2 amide bonds. The van der Waals surface area contributed by atoms with Gasteiger partial charge in [-0.05, 0) is 33.1 Å². The Bertz CT molecular complexity index is 247. The molecule has 0 spiro atoms. The topological polar surface area (TPSA) is 32.3 Å². The average Bonchev–Trinajstić information content (AvgIpc) is 2.19.